The summed E-state index contributed by atoms with van der Waals surface area (Å²) in [5.74, 6) is 3.01. The van der Waals surface area contributed by atoms with Crippen molar-refractivity contribution in [3.05, 3.63) is 83.8 Å². The van der Waals surface area contributed by atoms with Crippen LogP contribution in [-0.4, -0.2) is 24.9 Å². The molecule has 0 aliphatic heterocycles. The van der Waals surface area contributed by atoms with E-state index in [-0.39, 0.29) is 5.92 Å². The van der Waals surface area contributed by atoms with Crippen LogP contribution in [0.3, 0.4) is 0 Å². The lowest BCUT2D eigenvalue weighted by Gasteiger charge is -2.07. The molecule has 6 nitrogen and oxygen atoms in total. The summed E-state index contributed by atoms with van der Waals surface area (Å²) in [5, 5.41) is 9.45. The maximum atomic E-state index is 5.38. The summed E-state index contributed by atoms with van der Waals surface area (Å²) in [5.41, 5.74) is 2.17. The molecule has 2 heterocycles. The molecular weight excluding hydrogens is 370 g/mol. The molecule has 4 aromatic rings. The Bertz CT molecular complexity index is 1030. The highest BCUT2D eigenvalue weighted by molar-refractivity contribution is 7.98. The molecule has 7 heteroatoms. The standard InChI is InChI=1S/C21H21N5OS/c1-15(2)20-23-21(24-26(20)17-11-7-4-8-12-17)28-14-19-22-18(25-27-19)13-16-9-5-3-6-10-16/h3-12,15H,13-14H2,1-2H3. The van der Waals surface area contributed by atoms with Gasteiger partial charge in [0.25, 0.3) is 0 Å². The van der Waals surface area contributed by atoms with E-state index in [9.17, 15) is 0 Å². The molecule has 0 atom stereocenters. The van der Waals surface area contributed by atoms with Crippen molar-refractivity contribution in [1.29, 1.82) is 0 Å². The van der Waals surface area contributed by atoms with Gasteiger partial charge >= 0.3 is 0 Å². The average molecular weight is 392 g/mol. The number of aromatic nitrogens is 5. The van der Waals surface area contributed by atoms with E-state index in [1.165, 1.54) is 11.8 Å². The first-order valence-corrected chi connectivity index (χ1v) is 10.2. The summed E-state index contributed by atoms with van der Waals surface area (Å²) in [4.78, 5) is 9.18. The molecule has 4 rings (SSSR count). The minimum absolute atomic E-state index is 0.267. The average Bonchev–Trinajstić information content (AvgIpc) is 3.35. The smallest absolute Gasteiger partial charge is 0.237 e. The molecule has 2 aromatic carbocycles. The molecule has 0 spiro atoms. The second-order valence-electron chi connectivity index (χ2n) is 6.71. The summed E-state index contributed by atoms with van der Waals surface area (Å²) in [6.45, 7) is 4.23. The van der Waals surface area contributed by atoms with Crippen molar-refractivity contribution in [3.63, 3.8) is 0 Å². The van der Waals surface area contributed by atoms with E-state index in [4.69, 9.17) is 9.51 Å². The molecule has 0 unspecified atom stereocenters. The maximum absolute atomic E-state index is 5.38. The lowest BCUT2D eigenvalue weighted by molar-refractivity contribution is 0.385. The first-order chi connectivity index (χ1) is 13.7. The highest BCUT2D eigenvalue weighted by atomic mass is 32.2. The van der Waals surface area contributed by atoms with Gasteiger partial charge in [0.15, 0.2) is 5.82 Å². The SMILES string of the molecule is CC(C)c1nc(SCc2nc(Cc3ccccc3)no2)nn1-c1ccccc1. The Morgan fingerprint density at radius 1 is 0.964 bits per heavy atom. The van der Waals surface area contributed by atoms with Gasteiger partial charge in [-0.2, -0.15) is 4.98 Å². The first kappa shape index (κ1) is 18.4. The first-order valence-electron chi connectivity index (χ1n) is 9.19. The zero-order valence-corrected chi connectivity index (χ0v) is 16.6. The van der Waals surface area contributed by atoms with Crippen molar-refractivity contribution in [2.24, 2.45) is 0 Å². The number of hydrogen-bond acceptors (Lipinski definition) is 6. The highest BCUT2D eigenvalue weighted by Crippen LogP contribution is 2.24. The fraction of sp³-hybridized carbons (Fsp3) is 0.238. The summed E-state index contributed by atoms with van der Waals surface area (Å²) >= 11 is 1.50. The quantitative estimate of drug-likeness (QED) is 0.427. The lowest BCUT2D eigenvalue weighted by atomic mass is 10.1. The Morgan fingerprint density at radius 2 is 1.68 bits per heavy atom. The van der Waals surface area contributed by atoms with E-state index in [1.807, 2.05) is 53.2 Å². The largest absolute Gasteiger partial charge is 0.338 e. The Labute approximate surface area is 168 Å². The minimum Gasteiger partial charge on any atom is -0.338 e. The van der Waals surface area contributed by atoms with Crippen LogP contribution in [0.15, 0.2) is 70.3 Å². The van der Waals surface area contributed by atoms with Crippen molar-refractivity contribution in [3.8, 4) is 5.69 Å². The molecule has 2 aromatic heterocycles. The molecule has 0 aliphatic rings. The van der Waals surface area contributed by atoms with Gasteiger partial charge in [0, 0.05) is 12.3 Å². The van der Waals surface area contributed by atoms with Gasteiger partial charge in [0.05, 0.1) is 11.4 Å². The molecule has 142 valence electrons. The fourth-order valence-corrected chi connectivity index (χ4v) is 3.49. The monoisotopic (exact) mass is 391 g/mol. The van der Waals surface area contributed by atoms with E-state index < -0.39 is 0 Å². The Hall–Kier alpha value is -2.93. The molecule has 0 saturated carbocycles. The van der Waals surface area contributed by atoms with E-state index in [0.29, 0.717) is 29.0 Å². The van der Waals surface area contributed by atoms with Crippen molar-refractivity contribution in [1.82, 2.24) is 24.9 Å². The van der Waals surface area contributed by atoms with Crippen LogP contribution in [0.4, 0.5) is 0 Å². The van der Waals surface area contributed by atoms with Gasteiger partial charge < -0.3 is 4.52 Å². The van der Waals surface area contributed by atoms with Gasteiger partial charge in [-0.15, -0.1) is 5.10 Å². The van der Waals surface area contributed by atoms with Crippen LogP contribution in [0.5, 0.6) is 0 Å². The summed E-state index contributed by atoms with van der Waals surface area (Å²) in [6, 6.07) is 20.2. The second-order valence-corrected chi connectivity index (χ2v) is 7.65. The van der Waals surface area contributed by atoms with E-state index in [2.05, 4.69) is 41.2 Å². The van der Waals surface area contributed by atoms with Crippen molar-refractivity contribution >= 4 is 11.8 Å². The van der Waals surface area contributed by atoms with Gasteiger partial charge in [0.1, 0.15) is 5.82 Å². The van der Waals surface area contributed by atoms with Gasteiger partial charge in [-0.1, -0.05) is 79.3 Å². The minimum atomic E-state index is 0.267. The van der Waals surface area contributed by atoms with Gasteiger partial charge in [-0.3, -0.25) is 0 Å². The third kappa shape index (κ3) is 4.31. The van der Waals surface area contributed by atoms with Crippen LogP contribution in [0.1, 0.15) is 42.9 Å². The molecule has 28 heavy (non-hydrogen) atoms. The third-order valence-electron chi connectivity index (χ3n) is 4.17. The van der Waals surface area contributed by atoms with Crippen LogP contribution >= 0.6 is 11.8 Å². The summed E-state index contributed by atoms with van der Waals surface area (Å²) < 4.78 is 7.29. The van der Waals surface area contributed by atoms with Gasteiger partial charge in [-0.25, -0.2) is 9.67 Å². The van der Waals surface area contributed by atoms with E-state index >= 15 is 0 Å². The zero-order chi connectivity index (χ0) is 19.3. The highest BCUT2D eigenvalue weighted by Gasteiger charge is 2.16. The van der Waals surface area contributed by atoms with Crippen molar-refractivity contribution < 1.29 is 4.52 Å². The number of para-hydroxylation sites is 1. The van der Waals surface area contributed by atoms with Crippen molar-refractivity contribution in [2.75, 3.05) is 0 Å². The topological polar surface area (TPSA) is 69.6 Å². The van der Waals surface area contributed by atoms with Crippen LogP contribution in [0.2, 0.25) is 0 Å². The van der Waals surface area contributed by atoms with Gasteiger partial charge in [0.2, 0.25) is 11.0 Å². The van der Waals surface area contributed by atoms with E-state index in [0.717, 1.165) is 17.1 Å². The molecule has 0 N–H and O–H groups in total. The molecule has 0 bridgehead atoms. The fourth-order valence-electron chi connectivity index (χ4n) is 2.82. The van der Waals surface area contributed by atoms with Crippen molar-refractivity contribution in [2.45, 2.75) is 37.1 Å². The molecule has 0 amide bonds. The summed E-state index contributed by atoms with van der Waals surface area (Å²) in [7, 11) is 0. The van der Waals surface area contributed by atoms with Crippen LogP contribution in [-0.2, 0) is 12.2 Å². The number of thioether (sulfide) groups is 1. The molecule has 0 aliphatic carbocycles. The predicted octanol–water partition coefficient (Wildman–Crippen LogP) is 4.66. The second kappa shape index (κ2) is 8.39. The van der Waals surface area contributed by atoms with E-state index in [1.54, 1.807) is 0 Å². The number of rotatable bonds is 7. The third-order valence-corrected chi connectivity index (χ3v) is 4.99. The number of hydrogen-bond donors (Lipinski definition) is 0. The van der Waals surface area contributed by atoms with Crippen LogP contribution in [0, 0.1) is 0 Å². The number of nitrogens with zero attached hydrogens (tertiary/aromatic N) is 5. The van der Waals surface area contributed by atoms with Crippen LogP contribution in [0.25, 0.3) is 5.69 Å². The van der Waals surface area contributed by atoms with Gasteiger partial charge in [-0.05, 0) is 17.7 Å². The molecule has 0 saturated heterocycles. The predicted molar refractivity (Wildman–Crippen MR) is 109 cm³/mol. The Kier molecular flexibility index (Phi) is 5.53. The maximum Gasteiger partial charge on any atom is 0.237 e. The molecular formula is C21H21N5OS. The lowest BCUT2D eigenvalue weighted by Crippen LogP contribution is -2.04. The summed E-state index contributed by atoms with van der Waals surface area (Å²) in [6.07, 6.45) is 0.660. The Morgan fingerprint density at radius 3 is 2.39 bits per heavy atom. The van der Waals surface area contributed by atoms with Crippen LogP contribution < -0.4 is 0 Å². The normalized spacial score (nSPS) is 11.2. The molecule has 0 fully saturated rings. The molecule has 0 radical (unpaired) electrons. The zero-order valence-electron chi connectivity index (χ0n) is 15.8. The number of benzene rings is 2. The Balaban J connectivity index is 1.45.